The molecule has 3 heterocycles. The van der Waals surface area contributed by atoms with Crippen molar-refractivity contribution in [3.05, 3.63) is 47.5 Å². The summed E-state index contributed by atoms with van der Waals surface area (Å²) in [5.74, 6) is 1.43. The molecular weight excluding hydrogens is 394 g/mol. The van der Waals surface area contributed by atoms with Gasteiger partial charge in [-0.05, 0) is 49.4 Å². The van der Waals surface area contributed by atoms with E-state index in [1.165, 1.54) is 11.3 Å². The lowest BCUT2D eigenvalue weighted by molar-refractivity contribution is -0.118. The van der Waals surface area contributed by atoms with Crippen LogP contribution in [0.1, 0.15) is 25.5 Å². The number of fused-ring (bicyclic) bond motifs is 1. The summed E-state index contributed by atoms with van der Waals surface area (Å²) in [6, 6.07) is 11.6. The number of aromatic nitrogens is 2. The van der Waals surface area contributed by atoms with Crippen molar-refractivity contribution < 1.29 is 14.1 Å². The Morgan fingerprint density at radius 2 is 2.21 bits per heavy atom. The van der Waals surface area contributed by atoms with Crippen molar-refractivity contribution in [1.29, 1.82) is 0 Å². The van der Waals surface area contributed by atoms with Crippen LogP contribution in [0.4, 0.5) is 5.13 Å². The lowest BCUT2D eigenvalue weighted by Crippen LogP contribution is -2.28. The molecule has 1 saturated carbocycles. The second-order valence-electron chi connectivity index (χ2n) is 6.67. The van der Waals surface area contributed by atoms with Crippen LogP contribution in [-0.4, -0.2) is 22.7 Å². The number of carbonyl (C=O) groups excluding carboxylic acids is 1. The second-order valence-corrected chi connectivity index (χ2v) is 8.65. The van der Waals surface area contributed by atoms with Gasteiger partial charge in [-0.2, -0.15) is 0 Å². The first-order valence-electron chi connectivity index (χ1n) is 9.04. The molecule has 0 aliphatic heterocycles. The van der Waals surface area contributed by atoms with E-state index in [1.54, 1.807) is 11.3 Å². The third kappa shape index (κ3) is 2.98. The zero-order valence-electron chi connectivity index (χ0n) is 15.1. The molecule has 1 aromatic carbocycles. The van der Waals surface area contributed by atoms with E-state index in [0.717, 1.165) is 33.7 Å². The summed E-state index contributed by atoms with van der Waals surface area (Å²) in [6.45, 7) is 2.56. The van der Waals surface area contributed by atoms with Crippen molar-refractivity contribution in [2.75, 3.05) is 11.9 Å². The number of amides is 1. The molecule has 4 aromatic rings. The van der Waals surface area contributed by atoms with Crippen LogP contribution in [0.25, 0.3) is 20.9 Å². The molecule has 1 aliphatic carbocycles. The number of nitrogens with zero attached hydrogens (tertiary/aromatic N) is 2. The van der Waals surface area contributed by atoms with Crippen LogP contribution in [0.5, 0.6) is 5.75 Å². The maximum Gasteiger partial charge on any atom is 0.238 e. The standard InChI is InChI=1S/C20H17N3O3S2/c1-2-25-12-5-6-13-16(10-12)28-19(21-13)22-18(24)20(7-8-20)17-11-14(26-23-17)15-4-3-9-27-15/h3-6,9-11H,2,7-8H2,1H3,(H,21,22,24). The highest BCUT2D eigenvalue weighted by molar-refractivity contribution is 7.22. The van der Waals surface area contributed by atoms with Gasteiger partial charge in [0.25, 0.3) is 0 Å². The van der Waals surface area contributed by atoms with Crippen molar-refractivity contribution in [3.63, 3.8) is 0 Å². The fraction of sp³-hybridized carbons (Fsp3) is 0.250. The summed E-state index contributed by atoms with van der Waals surface area (Å²) in [6.07, 6.45) is 1.52. The van der Waals surface area contributed by atoms with Gasteiger partial charge in [-0.15, -0.1) is 11.3 Å². The van der Waals surface area contributed by atoms with Gasteiger partial charge in [0.15, 0.2) is 10.9 Å². The molecule has 28 heavy (non-hydrogen) atoms. The van der Waals surface area contributed by atoms with Crippen LogP contribution in [0.15, 0.2) is 46.3 Å². The number of hydrogen-bond donors (Lipinski definition) is 1. The van der Waals surface area contributed by atoms with E-state index in [2.05, 4.69) is 15.5 Å². The van der Waals surface area contributed by atoms with Crippen LogP contribution >= 0.6 is 22.7 Å². The summed E-state index contributed by atoms with van der Waals surface area (Å²) < 4.78 is 12.0. The number of anilines is 1. The van der Waals surface area contributed by atoms with Crippen molar-refractivity contribution in [3.8, 4) is 16.4 Å². The summed E-state index contributed by atoms with van der Waals surface area (Å²) in [5.41, 5.74) is 0.913. The molecule has 0 atom stereocenters. The number of thiazole rings is 1. The Morgan fingerprint density at radius 1 is 1.32 bits per heavy atom. The molecule has 1 amide bonds. The van der Waals surface area contributed by atoms with Crippen LogP contribution in [0.3, 0.4) is 0 Å². The zero-order valence-corrected chi connectivity index (χ0v) is 16.7. The average Bonchev–Trinajstić information content (AvgIpc) is 3.10. The van der Waals surface area contributed by atoms with Crippen molar-refractivity contribution in [2.45, 2.75) is 25.2 Å². The highest BCUT2D eigenvalue weighted by atomic mass is 32.1. The largest absolute Gasteiger partial charge is 0.494 e. The van der Waals surface area contributed by atoms with Crippen molar-refractivity contribution >= 4 is 43.9 Å². The maximum absolute atomic E-state index is 13.0. The minimum atomic E-state index is -0.618. The highest BCUT2D eigenvalue weighted by Crippen LogP contribution is 2.49. The third-order valence-electron chi connectivity index (χ3n) is 4.84. The molecule has 0 saturated heterocycles. The van der Waals surface area contributed by atoms with E-state index in [4.69, 9.17) is 9.26 Å². The number of thiophene rings is 1. The van der Waals surface area contributed by atoms with Crippen LogP contribution in [-0.2, 0) is 10.2 Å². The number of nitrogens with one attached hydrogen (secondary N) is 1. The van der Waals surface area contributed by atoms with Crippen LogP contribution < -0.4 is 10.1 Å². The number of carbonyl (C=O) groups is 1. The Balaban J connectivity index is 1.37. The summed E-state index contributed by atoms with van der Waals surface area (Å²) >= 11 is 3.03. The topological polar surface area (TPSA) is 77.2 Å². The van der Waals surface area contributed by atoms with Gasteiger partial charge in [0.2, 0.25) is 5.91 Å². The third-order valence-corrected chi connectivity index (χ3v) is 6.66. The summed E-state index contributed by atoms with van der Waals surface area (Å²) in [5, 5.41) is 9.73. The first-order chi connectivity index (χ1) is 13.7. The van der Waals surface area contributed by atoms with Crippen molar-refractivity contribution in [2.24, 2.45) is 0 Å². The first-order valence-corrected chi connectivity index (χ1v) is 10.7. The molecule has 1 N–H and O–H groups in total. The van der Waals surface area contributed by atoms with E-state index in [-0.39, 0.29) is 5.91 Å². The Labute approximate surface area is 169 Å². The van der Waals surface area contributed by atoms with E-state index in [1.807, 2.05) is 48.7 Å². The average molecular weight is 412 g/mol. The normalized spacial score (nSPS) is 14.9. The fourth-order valence-electron chi connectivity index (χ4n) is 3.19. The number of rotatable bonds is 6. The van der Waals surface area contributed by atoms with Crippen LogP contribution in [0.2, 0.25) is 0 Å². The Kier molecular flexibility index (Phi) is 4.17. The molecule has 0 spiro atoms. The number of ether oxygens (including phenoxy) is 1. The van der Waals surface area contributed by atoms with Gasteiger partial charge in [0, 0.05) is 6.07 Å². The van der Waals surface area contributed by atoms with Gasteiger partial charge >= 0.3 is 0 Å². The molecule has 0 unspecified atom stereocenters. The molecule has 142 valence electrons. The Bertz CT molecular complexity index is 1140. The van der Waals surface area contributed by atoms with Gasteiger partial charge in [-0.3, -0.25) is 4.79 Å². The lowest BCUT2D eigenvalue weighted by atomic mass is 10.0. The highest BCUT2D eigenvalue weighted by Gasteiger charge is 2.54. The predicted octanol–water partition coefficient (Wildman–Crippen LogP) is 5.08. The molecule has 1 aliphatic rings. The minimum Gasteiger partial charge on any atom is -0.494 e. The molecule has 8 heteroatoms. The van der Waals surface area contributed by atoms with Crippen molar-refractivity contribution in [1.82, 2.24) is 10.1 Å². The van der Waals surface area contributed by atoms with Gasteiger partial charge < -0.3 is 14.6 Å². The fourth-order valence-corrected chi connectivity index (χ4v) is 4.75. The molecule has 6 nitrogen and oxygen atoms in total. The summed E-state index contributed by atoms with van der Waals surface area (Å²) in [4.78, 5) is 18.5. The van der Waals surface area contributed by atoms with Crippen LogP contribution in [0, 0.1) is 0 Å². The van der Waals surface area contributed by atoms with Gasteiger partial charge in [0.05, 0.1) is 32.8 Å². The van der Waals surface area contributed by atoms with Gasteiger partial charge in [-0.1, -0.05) is 22.6 Å². The monoisotopic (exact) mass is 411 g/mol. The second kappa shape index (κ2) is 6.72. The van der Waals surface area contributed by atoms with E-state index in [0.29, 0.717) is 23.2 Å². The molecule has 0 bridgehead atoms. The first kappa shape index (κ1) is 17.4. The predicted molar refractivity (Wildman–Crippen MR) is 110 cm³/mol. The molecule has 5 rings (SSSR count). The number of hydrogen-bond acceptors (Lipinski definition) is 7. The lowest BCUT2D eigenvalue weighted by Gasteiger charge is -2.10. The quantitative estimate of drug-likeness (QED) is 0.479. The maximum atomic E-state index is 13.0. The summed E-state index contributed by atoms with van der Waals surface area (Å²) in [7, 11) is 0. The van der Waals surface area contributed by atoms with Gasteiger partial charge in [-0.25, -0.2) is 4.98 Å². The van der Waals surface area contributed by atoms with E-state index in [9.17, 15) is 4.79 Å². The Morgan fingerprint density at radius 3 is 2.96 bits per heavy atom. The SMILES string of the molecule is CCOc1ccc2nc(NC(=O)C3(c4cc(-c5cccs5)on4)CC3)sc2c1. The molecule has 1 fully saturated rings. The number of benzene rings is 1. The Hall–Kier alpha value is -2.71. The molecular formula is C20H17N3O3S2. The smallest absolute Gasteiger partial charge is 0.238 e. The molecule has 3 aromatic heterocycles. The van der Waals surface area contributed by atoms with E-state index < -0.39 is 5.41 Å². The minimum absolute atomic E-state index is 0.0809. The zero-order chi connectivity index (χ0) is 19.1. The van der Waals surface area contributed by atoms with Gasteiger partial charge in [0.1, 0.15) is 5.75 Å². The van der Waals surface area contributed by atoms with E-state index >= 15 is 0 Å². The molecule has 0 radical (unpaired) electrons.